The maximum Gasteiger partial charge on any atom is 0.243 e. The highest BCUT2D eigenvalue weighted by Crippen LogP contribution is 2.32. The summed E-state index contributed by atoms with van der Waals surface area (Å²) in [4.78, 5) is 27.9. The Hall–Kier alpha value is -3.02. The van der Waals surface area contributed by atoms with E-state index in [1.165, 1.54) is 0 Å². The lowest BCUT2D eigenvalue weighted by Crippen LogP contribution is -2.50. The van der Waals surface area contributed by atoms with Crippen LogP contribution in [0.4, 0.5) is 0 Å². The van der Waals surface area contributed by atoms with E-state index >= 15 is 0 Å². The first-order chi connectivity index (χ1) is 14.9. The number of hydrogen-bond acceptors (Lipinski definition) is 4. The zero-order chi connectivity index (χ0) is 22.4. The molecule has 0 saturated carbocycles. The number of fused-ring (bicyclic) bond motifs is 1. The molecule has 31 heavy (non-hydrogen) atoms. The highest BCUT2D eigenvalue weighted by Gasteiger charge is 2.28. The molecule has 1 aliphatic heterocycles. The summed E-state index contributed by atoms with van der Waals surface area (Å²) in [5, 5.41) is 2.96. The minimum atomic E-state index is -0.507. The molecule has 3 rings (SSSR count). The smallest absolute Gasteiger partial charge is 0.243 e. The Morgan fingerprint density at radius 1 is 1.03 bits per heavy atom. The minimum absolute atomic E-state index is 0.0199. The lowest BCUT2D eigenvalue weighted by molar-refractivity contribution is -0.141. The number of aryl methyl sites for hydroxylation is 2. The van der Waals surface area contributed by atoms with Gasteiger partial charge in [0.15, 0.2) is 11.5 Å². The van der Waals surface area contributed by atoms with Crippen LogP contribution in [0.5, 0.6) is 11.5 Å². The second-order valence-corrected chi connectivity index (χ2v) is 8.28. The van der Waals surface area contributed by atoms with Crippen LogP contribution in [0.15, 0.2) is 42.5 Å². The number of nitrogens with zero attached hydrogens (tertiary/aromatic N) is 1. The first-order valence-electron chi connectivity index (χ1n) is 10.9. The molecule has 6 nitrogen and oxygen atoms in total. The molecular formula is C25H32N2O4. The Bertz CT molecular complexity index is 908. The SMILES string of the molecule is CC[C@@H](C(=O)NC(C)C)N(Cc1ccc(C)cc1)C(=O)CCc1ccc2c(c1)OCO2. The number of ether oxygens (including phenoxy) is 2. The number of rotatable bonds is 9. The van der Waals surface area contributed by atoms with Gasteiger partial charge in [0.05, 0.1) is 0 Å². The number of amides is 2. The molecule has 0 aliphatic carbocycles. The van der Waals surface area contributed by atoms with Crippen LogP contribution in [-0.4, -0.2) is 35.6 Å². The van der Waals surface area contributed by atoms with Crippen molar-refractivity contribution >= 4 is 11.8 Å². The predicted octanol–water partition coefficient (Wildman–Crippen LogP) is 3.99. The van der Waals surface area contributed by atoms with E-state index in [-0.39, 0.29) is 24.6 Å². The van der Waals surface area contributed by atoms with Gasteiger partial charge in [-0.05, 0) is 56.9 Å². The van der Waals surface area contributed by atoms with Crippen molar-refractivity contribution in [2.24, 2.45) is 0 Å². The van der Waals surface area contributed by atoms with Crippen LogP contribution in [0, 0.1) is 6.92 Å². The average Bonchev–Trinajstić information content (AvgIpc) is 3.20. The summed E-state index contributed by atoms with van der Waals surface area (Å²) >= 11 is 0. The average molecular weight is 425 g/mol. The number of carbonyl (C=O) groups excluding carboxylic acids is 2. The zero-order valence-electron chi connectivity index (χ0n) is 18.8. The quantitative estimate of drug-likeness (QED) is 0.661. The standard InChI is InChI=1S/C25H32N2O4/c1-5-21(25(29)26-17(2)3)27(15-20-8-6-18(4)7-9-20)24(28)13-11-19-10-12-22-23(14-19)31-16-30-22/h6-10,12,14,17,21H,5,11,13,15-16H2,1-4H3,(H,26,29)/t21-/m0/s1. The fourth-order valence-electron chi connectivity index (χ4n) is 3.68. The lowest BCUT2D eigenvalue weighted by atomic mass is 10.0. The summed E-state index contributed by atoms with van der Waals surface area (Å²) < 4.78 is 10.8. The van der Waals surface area contributed by atoms with Crippen LogP contribution in [0.3, 0.4) is 0 Å². The highest BCUT2D eigenvalue weighted by atomic mass is 16.7. The largest absolute Gasteiger partial charge is 0.454 e. The molecule has 0 saturated heterocycles. The van der Waals surface area contributed by atoms with E-state index in [9.17, 15) is 9.59 Å². The Morgan fingerprint density at radius 2 is 1.71 bits per heavy atom. The van der Waals surface area contributed by atoms with E-state index in [0.29, 0.717) is 31.6 Å². The normalized spacial score (nSPS) is 13.2. The Balaban J connectivity index is 1.75. The van der Waals surface area contributed by atoms with Crippen molar-refractivity contribution in [3.63, 3.8) is 0 Å². The first kappa shape index (κ1) is 22.7. The molecule has 1 heterocycles. The Morgan fingerprint density at radius 3 is 2.39 bits per heavy atom. The van der Waals surface area contributed by atoms with E-state index in [1.807, 2.05) is 70.2 Å². The van der Waals surface area contributed by atoms with Crippen molar-refractivity contribution < 1.29 is 19.1 Å². The van der Waals surface area contributed by atoms with Gasteiger partial charge >= 0.3 is 0 Å². The fourth-order valence-corrected chi connectivity index (χ4v) is 3.68. The third-order valence-corrected chi connectivity index (χ3v) is 5.35. The van der Waals surface area contributed by atoms with Crippen molar-refractivity contribution in [2.45, 2.75) is 65.6 Å². The van der Waals surface area contributed by atoms with Gasteiger partial charge in [-0.3, -0.25) is 9.59 Å². The molecule has 2 aromatic rings. The third-order valence-electron chi connectivity index (χ3n) is 5.35. The first-order valence-corrected chi connectivity index (χ1v) is 10.9. The highest BCUT2D eigenvalue weighted by molar-refractivity contribution is 5.87. The van der Waals surface area contributed by atoms with Crippen LogP contribution in [0.1, 0.15) is 50.3 Å². The Labute approximate surface area is 184 Å². The monoisotopic (exact) mass is 424 g/mol. The topological polar surface area (TPSA) is 67.9 Å². The number of benzene rings is 2. The van der Waals surface area contributed by atoms with Gasteiger partial charge in [-0.2, -0.15) is 0 Å². The third kappa shape index (κ3) is 6.00. The van der Waals surface area contributed by atoms with E-state index in [1.54, 1.807) is 4.90 Å². The van der Waals surface area contributed by atoms with E-state index < -0.39 is 6.04 Å². The van der Waals surface area contributed by atoms with Crippen molar-refractivity contribution in [1.29, 1.82) is 0 Å². The fraction of sp³-hybridized carbons (Fsp3) is 0.440. The summed E-state index contributed by atoms with van der Waals surface area (Å²) in [6.07, 6.45) is 1.44. The summed E-state index contributed by atoms with van der Waals surface area (Å²) in [5.41, 5.74) is 3.18. The van der Waals surface area contributed by atoms with Crippen molar-refractivity contribution in [3.05, 3.63) is 59.2 Å². The number of hydrogen-bond donors (Lipinski definition) is 1. The molecule has 2 amide bonds. The van der Waals surface area contributed by atoms with Gasteiger partial charge in [-0.1, -0.05) is 42.8 Å². The summed E-state index contributed by atoms with van der Waals surface area (Å²) in [5.74, 6) is 1.29. The van der Waals surface area contributed by atoms with Crippen molar-refractivity contribution in [2.75, 3.05) is 6.79 Å². The lowest BCUT2D eigenvalue weighted by Gasteiger charge is -2.31. The number of carbonyl (C=O) groups is 2. The van der Waals surface area contributed by atoms with E-state index in [0.717, 1.165) is 22.4 Å². The maximum atomic E-state index is 13.3. The maximum absolute atomic E-state index is 13.3. The second-order valence-electron chi connectivity index (χ2n) is 8.28. The van der Waals surface area contributed by atoms with Crippen LogP contribution >= 0.6 is 0 Å². The molecule has 0 aromatic heterocycles. The predicted molar refractivity (Wildman–Crippen MR) is 120 cm³/mol. The van der Waals surface area contributed by atoms with Gasteiger partial charge in [-0.25, -0.2) is 0 Å². The van der Waals surface area contributed by atoms with Gasteiger partial charge in [-0.15, -0.1) is 0 Å². The minimum Gasteiger partial charge on any atom is -0.454 e. The van der Waals surface area contributed by atoms with Crippen LogP contribution in [0.2, 0.25) is 0 Å². The summed E-state index contributed by atoms with van der Waals surface area (Å²) in [6.45, 7) is 8.46. The van der Waals surface area contributed by atoms with Crippen molar-refractivity contribution in [1.82, 2.24) is 10.2 Å². The molecule has 1 atom stereocenters. The molecule has 0 radical (unpaired) electrons. The van der Waals surface area contributed by atoms with E-state index in [2.05, 4.69) is 5.32 Å². The summed E-state index contributed by atoms with van der Waals surface area (Å²) in [6, 6.07) is 13.3. The second kappa shape index (κ2) is 10.3. The van der Waals surface area contributed by atoms with Crippen molar-refractivity contribution in [3.8, 4) is 11.5 Å². The Kier molecular flexibility index (Phi) is 7.55. The van der Waals surface area contributed by atoms with Gasteiger partial charge in [0, 0.05) is 19.0 Å². The van der Waals surface area contributed by atoms with Gasteiger partial charge in [0.1, 0.15) is 6.04 Å². The molecule has 166 valence electrons. The molecule has 0 fully saturated rings. The molecule has 1 N–H and O–H groups in total. The van der Waals surface area contributed by atoms with Crippen LogP contribution in [0.25, 0.3) is 0 Å². The molecule has 0 unspecified atom stereocenters. The summed E-state index contributed by atoms with van der Waals surface area (Å²) in [7, 11) is 0. The molecule has 0 spiro atoms. The molecule has 1 aliphatic rings. The van der Waals surface area contributed by atoms with Crippen LogP contribution in [-0.2, 0) is 22.6 Å². The van der Waals surface area contributed by atoms with Crippen LogP contribution < -0.4 is 14.8 Å². The molecule has 6 heteroatoms. The molecular weight excluding hydrogens is 392 g/mol. The zero-order valence-corrected chi connectivity index (χ0v) is 18.8. The molecule has 0 bridgehead atoms. The number of nitrogens with one attached hydrogen (secondary N) is 1. The molecule has 2 aromatic carbocycles. The van der Waals surface area contributed by atoms with E-state index in [4.69, 9.17) is 9.47 Å². The van der Waals surface area contributed by atoms with Gasteiger partial charge in [0.2, 0.25) is 18.6 Å². The van der Waals surface area contributed by atoms with Gasteiger partial charge < -0.3 is 19.7 Å². The van der Waals surface area contributed by atoms with Gasteiger partial charge in [0.25, 0.3) is 0 Å².